The zero-order chi connectivity index (χ0) is 9.68. The Morgan fingerprint density at radius 2 is 2.46 bits per heavy atom. The first kappa shape index (κ1) is 10.1. The highest BCUT2D eigenvalue weighted by Crippen LogP contribution is 2.20. The first-order chi connectivity index (χ1) is 6.29. The van der Waals surface area contributed by atoms with E-state index in [4.69, 9.17) is 11.2 Å². The van der Waals surface area contributed by atoms with Gasteiger partial charge in [-0.15, -0.1) is 12.3 Å². The summed E-state index contributed by atoms with van der Waals surface area (Å²) in [6.45, 7) is 4.00. The molecule has 1 N–H and O–H groups in total. The lowest BCUT2D eigenvalue weighted by Crippen LogP contribution is -2.48. The zero-order valence-electron chi connectivity index (χ0n) is 7.88. The standard InChI is InChI=1S/C10H15NO2/c1-3-5-9(8-6-11-7-8)10(12)13-4-2/h1,8-9,11H,4-7H2,2H3. The molecule has 1 aliphatic rings. The highest BCUT2D eigenvalue weighted by molar-refractivity contribution is 5.73. The topological polar surface area (TPSA) is 38.3 Å². The molecule has 1 unspecified atom stereocenters. The molecule has 0 spiro atoms. The van der Waals surface area contributed by atoms with Crippen LogP contribution in [0.25, 0.3) is 0 Å². The molecule has 1 aliphatic heterocycles. The molecule has 0 radical (unpaired) electrons. The van der Waals surface area contributed by atoms with Crippen LogP contribution in [0.1, 0.15) is 13.3 Å². The predicted molar refractivity (Wildman–Crippen MR) is 49.9 cm³/mol. The Morgan fingerprint density at radius 3 is 2.85 bits per heavy atom. The van der Waals surface area contributed by atoms with Crippen molar-refractivity contribution in [2.24, 2.45) is 11.8 Å². The van der Waals surface area contributed by atoms with Crippen molar-refractivity contribution >= 4 is 5.97 Å². The zero-order valence-corrected chi connectivity index (χ0v) is 7.88. The Hall–Kier alpha value is -1.01. The normalized spacial score (nSPS) is 18.5. The molecule has 0 aromatic heterocycles. The van der Waals surface area contributed by atoms with Crippen molar-refractivity contribution in [2.75, 3.05) is 19.7 Å². The van der Waals surface area contributed by atoms with Crippen molar-refractivity contribution in [3.8, 4) is 12.3 Å². The number of hydrogen-bond donors (Lipinski definition) is 1. The molecule has 1 heterocycles. The largest absolute Gasteiger partial charge is 0.466 e. The SMILES string of the molecule is C#CCC(C(=O)OCC)C1CNC1. The van der Waals surface area contributed by atoms with E-state index in [1.165, 1.54) is 0 Å². The lowest BCUT2D eigenvalue weighted by Gasteiger charge is -2.32. The fraction of sp³-hybridized carbons (Fsp3) is 0.700. The van der Waals surface area contributed by atoms with Crippen molar-refractivity contribution in [3.63, 3.8) is 0 Å². The third kappa shape index (κ3) is 2.46. The van der Waals surface area contributed by atoms with Gasteiger partial charge in [0, 0.05) is 19.5 Å². The van der Waals surface area contributed by atoms with Gasteiger partial charge < -0.3 is 10.1 Å². The minimum absolute atomic E-state index is 0.105. The van der Waals surface area contributed by atoms with E-state index in [9.17, 15) is 4.79 Å². The van der Waals surface area contributed by atoms with Crippen LogP contribution in [0.4, 0.5) is 0 Å². The number of nitrogens with one attached hydrogen (secondary N) is 1. The van der Waals surface area contributed by atoms with E-state index in [1.54, 1.807) is 0 Å². The maximum Gasteiger partial charge on any atom is 0.310 e. The maximum atomic E-state index is 11.4. The van der Waals surface area contributed by atoms with Gasteiger partial charge in [-0.3, -0.25) is 4.79 Å². The van der Waals surface area contributed by atoms with Gasteiger partial charge in [-0.2, -0.15) is 0 Å². The second kappa shape index (κ2) is 4.88. The van der Waals surface area contributed by atoms with Gasteiger partial charge in [-0.1, -0.05) is 0 Å². The highest BCUT2D eigenvalue weighted by Gasteiger charge is 2.32. The van der Waals surface area contributed by atoms with Crippen LogP contribution in [0.5, 0.6) is 0 Å². The van der Waals surface area contributed by atoms with Crippen LogP contribution in [0.2, 0.25) is 0 Å². The van der Waals surface area contributed by atoms with E-state index in [2.05, 4.69) is 11.2 Å². The Labute approximate surface area is 78.8 Å². The molecule has 0 aromatic rings. The van der Waals surface area contributed by atoms with Gasteiger partial charge in [-0.05, 0) is 12.8 Å². The van der Waals surface area contributed by atoms with Crippen molar-refractivity contribution in [1.82, 2.24) is 5.32 Å². The fourth-order valence-electron chi connectivity index (χ4n) is 1.41. The summed E-state index contributed by atoms with van der Waals surface area (Å²) in [4.78, 5) is 11.4. The number of ether oxygens (including phenoxy) is 1. The van der Waals surface area contributed by atoms with Crippen LogP contribution in [-0.2, 0) is 9.53 Å². The Bertz CT molecular complexity index is 215. The van der Waals surface area contributed by atoms with Crippen molar-refractivity contribution < 1.29 is 9.53 Å². The average molecular weight is 181 g/mol. The minimum atomic E-state index is -0.146. The van der Waals surface area contributed by atoms with Crippen molar-refractivity contribution in [3.05, 3.63) is 0 Å². The summed E-state index contributed by atoms with van der Waals surface area (Å²) in [7, 11) is 0. The summed E-state index contributed by atoms with van der Waals surface area (Å²) >= 11 is 0. The second-order valence-electron chi connectivity index (χ2n) is 3.19. The quantitative estimate of drug-likeness (QED) is 0.504. The lowest BCUT2D eigenvalue weighted by molar-refractivity contribution is -0.150. The van der Waals surface area contributed by atoms with Crippen molar-refractivity contribution in [1.29, 1.82) is 0 Å². The summed E-state index contributed by atoms with van der Waals surface area (Å²) in [6, 6.07) is 0. The van der Waals surface area contributed by atoms with Gasteiger partial charge in [0.25, 0.3) is 0 Å². The number of carbonyl (C=O) groups excluding carboxylic acids is 1. The monoisotopic (exact) mass is 181 g/mol. The Balaban J connectivity index is 2.45. The van der Waals surface area contributed by atoms with Gasteiger partial charge in [-0.25, -0.2) is 0 Å². The molecule has 0 aliphatic carbocycles. The Morgan fingerprint density at radius 1 is 1.77 bits per heavy atom. The predicted octanol–water partition coefficient (Wildman–Crippen LogP) is 0.408. The third-order valence-electron chi connectivity index (χ3n) is 2.31. The Kier molecular flexibility index (Phi) is 3.78. The van der Waals surface area contributed by atoms with Crippen LogP contribution in [-0.4, -0.2) is 25.7 Å². The van der Waals surface area contributed by atoms with E-state index in [0.29, 0.717) is 18.9 Å². The highest BCUT2D eigenvalue weighted by atomic mass is 16.5. The minimum Gasteiger partial charge on any atom is -0.466 e. The summed E-state index contributed by atoms with van der Waals surface area (Å²) < 4.78 is 4.95. The van der Waals surface area contributed by atoms with Crippen LogP contribution in [0.3, 0.4) is 0 Å². The molecule has 0 aromatic carbocycles. The van der Waals surface area contributed by atoms with E-state index >= 15 is 0 Å². The molecule has 0 bridgehead atoms. The molecule has 3 nitrogen and oxygen atoms in total. The maximum absolute atomic E-state index is 11.4. The number of terminal acetylenes is 1. The van der Waals surface area contributed by atoms with Crippen LogP contribution in [0.15, 0.2) is 0 Å². The fourth-order valence-corrected chi connectivity index (χ4v) is 1.41. The van der Waals surface area contributed by atoms with E-state index in [-0.39, 0.29) is 11.9 Å². The van der Waals surface area contributed by atoms with E-state index in [1.807, 2.05) is 6.92 Å². The summed E-state index contributed by atoms with van der Waals surface area (Å²) in [6.07, 6.45) is 5.69. The van der Waals surface area contributed by atoms with Gasteiger partial charge in [0.15, 0.2) is 0 Å². The molecule has 72 valence electrons. The van der Waals surface area contributed by atoms with Gasteiger partial charge in [0.1, 0.15) is 0 Å². The number of esters is 1. The summed E-state index contributed by atoms with van der Waals surface area (Å²) in [5.74, 6) is 2.65. The van der Waals surface area contributed by atoms with Gasteiger partial charge in [0.2, 0.25) is 0 Å². The summed E-state index contributed by atoms with van der Waals surface area (Å²) in [5, 5.41) is 3.12. The molecule has 3 heteroatoms. The van der Waals surface area contributed by atoms with Crippen LogP contribution < -0.4 is 5.32 Å². The average Bonchev–Trinajstić information content (AvgIpc) is 2.01. The smallest absolute Gasteiger partial charge is 0.310 e. The molecule has 0 amide bonds. The number of carbonyl (C=O) groups is 1. The molecular formula is C10H15NO2. The lowest BCUT2D eigenvalue weighted by atomic mass is 9.85. The van der Waals surface area contributed by atoms with Crippen LogP contribution >= 0.6 is 0 Å². The molecule has 13 heavy (non-hydrogen) atoms. The summed E-state index contributed by atoms with van der Waals surface area (Å²) in [5.41, 5.74) is 0. The van der Waals surface area contributed by atoms with E-state index in [0.717, 1.165) is 13.1 Å². The number of hydrogen-bond acceptors (Lipinski definition) is 3. The van der Waals surface area contributed by atoms with Gasteiger partial charge >= 0.3 is 5.97 Å². The van der Waals surface area contributed by atoms with Gasteiger partial charge in [0.05, 0.1) is 12.5 Å². The first-order valence-electron chi connectivity index (χ1n) is 4.60. The van der Waals surface area contributed by atoms with Crippen LogP contribution in [0, 0.1) is 24.2 Å². The number of rotatable bonds is 4. The molecule has 1 atom stereocenters. The first-order valence-corrected chi connectivity index (χ1v) is 4.60. The second-order valence-corrected chi connectivity index (χ2v) is 3.19. The van der Waals surface area contributed by atoms with E-state index < -0.39 is 0 Å². The molecule has 1 rings (SSSR count). The molecule has 1 fully saturated rings. The molecule has 0 saturated carbocycles. The molecule has 1 saturated heterocycles. The third-order valence-corrected chi connectivity index (χ3v) is 2.31. The molecular weight excluding hydrogens is 166 g/mol. The van der Waals surface area contributed by atoms with Crippen molar-refractivity contribution in [2.45, 2.75) is 13.3 Å².